The molecule has 8 heteroatoms. The van der Waals surface area contributed by atoms with Gasteiger partial charge in [-0.1, -0.05) is 19.8 Å². The molecule has 0 aromatic carbocycles. The van der Waals surface area contributed by atoms with Gasteiger partial charge in [-0.25, -0.2) is 0 Å². The summed E-state index contributed by atoms with van der Waals surface area (Å²) in [6.45, 7) is 1.98. The van der Waals surface area contributed by atoms with Gasteiger partial charge in [0.15, 0.2) is 5.78 Å². The van der Waals surface area contributed by atoms with Crippen LogP contribution in [0.5, 0.6) is 0 Å². The zero-order chi connectivity index (χ0) is 14.4. The maximum Gasteiger partial charge on any atom is 0.398 e. The first-order valence-corrected chi connectivity index (χ1v) is 7.50. The van der Waals surface area contributed by atoms with Crippen LogP contribution in [-0.2, 0) is 18.4 Å². The normalized spacial score (nSPS) is 17.2. The number of unbranched alkanes of at least 4 members (excludes halogenated alkanes) is 1. The molecule has 0 spiro atoms. The summed E-state index contributed by atoms with van der Waals surface area (Å²) >= 11 is 0. The van der Waals surface area contributed by atoms with Gasteiger partial charge in [-0.2, -0.15) is 13.2 Å². The summed E-state index contributed by atoms with van der Waals surface area (Å²) in [7, 11) is -2.33. The molecule has 0 radical (unpaired) electrons. The van der Waals surface area contributed by atoms with Gasteiger partial charge in [-0.3, -0.25) is 9.36 Å². The van der Waals surface area contributed by atoms with Gasteiger partial charge in [-0.05, 0) is 6.42 Å². The highest BCUT2D eigenvalue weighted by molar-refractivity contribution is 7.52. The number of halogens is 3. The van der Waals surface area contributed by atoms with Crippen LogP contribution in [0.4, 0.5) is 13.2 Å². The van der Waals surface area contributed by atoms with Crippen LogP contribution in [0.1, 0.15) is 26.2 Å². The molecule has 0 aromatic rings. The molecular weight excluding hydrogens is 272 g/mol. The molecule has 0 aliphatic heterocycles. The smallest absolute Gasteiger partial charge is 0.312 e. The molecule has 2 unspecified atom stereocenters. The van der Waals surface area contributed by atoms with E-state index in [0.717, 1.165) is 13.8 Å². The lowest BCUT2D eigenvalue weighted by molar-refractivity contribution is -0.184. The first-order chi connectivity index (χ1) is 8.14. The zero-order valence-corrected chi connectivity index (χ0v) is 11.5. The van der Waals surface area contributed by atoms with Crippen LogP contribution in [0.15, 0.2) is 0 Å². The Morgan fingerprint density at radius 3 is 2.33 bits per heavy atom. The number of ketones is 1. The van der Waals surface area contributed by atoms with E-state index in [-0.39, 0.29) is 6.42 Å². The third kappa shape index (κ3) is 6.52. The molecule has 0 aromatic heterocycles. The summed E-state index contributed by atoms with van der Waals surface area (Å²) in [5, 5.41) is 0. The van der Waals surface area contributed by atoms with Crippen molar-refractivity contribution in [3.8, 4) is 0 Å². The molecule has 0 amide bonds. The maximum atomic E-state index is 12.6. The Bertz CT molecular complexity index is 317. The molecule has 0 fully saturated rings. The average Bonchev–Trinajstić information content (AvgIpc) is 2.25. The Labute approximate surface area is 104 Å². The van der Waals surface area contributed by atoms with Gasteiger partial charge in [-0.15, -0.1) is 0 Å². The molecule has 0 rings (SSSR count). The van der Waals surface area contributed by atoms with Crippen LogP contribution in [0.2, 0.25) is 0 Å². The lowest BCUT2D eigenvalue weighted by atomic mass is 9.97. The summed E-state index contributed by atoms with van der Waals surface area (Å²) in [4.78, 5) is 11.4. The van der Waals surface area contributed by atoms with E-state index in [1.807, 2.05) is 0 Å². The standard InChI is InChI=1S/C10H18F3O4P/c1-4-5-6-8(10(11,12)13)9(14)7-17-18(3,15)16-2/h8H,4-7H2,1-3H3. The van der Waals surface area contributed by atoms with Crippen LogP contribution < -0.4 is 0 Å². The highest BCUT2D eigenvalue weighted by Gasteiger charge is 2.44. The number of hydrogen-bond acceptors (Lipinski definition) is 4. The third-order valence-electron chi connectivity index (χ3n) is 2.40. The van der Waals surface area contributed by atoms with Crippen molar-refractivity contribution in [3.05, 3.63) is 0 Å². The third-order valence-corrected chi connectivity index (χ3v) is 3.66. The second-order valence-electron chi connectivity index (χ2n) is 3.93. The number of alkyl halides is 3. The predicted molar refractivity (Wildman–Crippen MR) is 60.6 cm³/mol. The Hall–Kier alpha value is -0.390. The quantitative estimate of drug-likeness (QED) is 0.643. The number of rotatable bonds is 8. The SMILES string of the molecule is CCCCC(C(=O)COP(C)(=O)OC)C(F)(F)F. The molecule has 0 heterocycles. The summed E-state index contributed by atoms with van der Waals surface area (Å²) < 4.78 is 58.2. The van der Waals surface area contributed by atoms with Crippen molar-refractivity contribution in [2.45, 2.75) is 32.4 Å². The largest absolute Gasteiger partial charge is 0.398 e. The lowest BCUT2D eigenvalue weighted by Gasteiger charge is -2.19. The molecule has 0 saturated heterocycles. The van der Waals surface area contributed by atoms with Gasteiger partial charge in [0.2, 0.25) is 0 Å². The first kappa shape index (κ1) is 17.6. The van der Waals surface area contributed by atoms with Crippen molar-refractivity contribution in [2.75, 3.05) is 20.4 Å². The van der Waals surface area contributed by atoms with Gasteiger partial charge in [0.05, 0.1) is 0 Å². The number of hydrogen-bond donors (Lipinski definition) is 0. The van der Waals surface area contributed by atoms with Crippen LogP contribution in [0.3, 0.4) is 0 Å². The fourth-order valence-electron chi connectivity index (χ4n) is 1.25. The van der Waals surface area contributed by atoms with Gasteiger partial charge < -0.3 is 9.05 Å². The Morgan fingerprint density at radius 2 is 1.94 bits per heavy atom. The van der Waals surface area contributed by atoms with E-state index >= 15 is 0 Å². The number of carbonyl (C=O) groups excluding carboxylic acids is 1. The van der Waals surface area contributed by atoms with Crippen molar-refractivity contribution in [1.29, 1.82) is 0 Å². The molecule has 0 N–H and O–H groups in total. The van der Waals surface area contributed by atoms with Gasteiger partial charge in [0, 0.05) is 13.8 Å². The molecule has 4 nitrogen and oxygen atoms in total. The van der Waals surface area contributed by atoms with Gasteiger partial charge >= 0.3 is 13.8 Å². The fourth-order valence-corrected chi connectivity index (χ4v) is 1.72. The van der Waals surface area contributed by atoms with Crippen LogP contribution >= 0.6 is 7.60 Å². The number of carbonyl (C=O) groups is 1. The summed E-state index contributed by atoms with van der Waals surface area (Å²) in [5.74, 6) is -3.18. The minimum Gasteiger partial charge on any atom is -0.312 e. The van der Waals surface area contributed by atoms with Crippen molar-refractivity contribution < 1.29 is 31.6 Å². The fraction of sp³-hybridized carbons (Fsp3) is 0.900. The van der Waals surface area contributed by atoms with Gasteiger partial charge in [0.1, 0.15) is 12.5 Å². The Morgan fingerprint density at radius 1 is 1.39 bits per heavy atom. The monoisotopic (exact) mass is 290 g/mol. The van der Waals surface area contributed by atoms with Crippen molar-refractivity contribution in [3.63, 3.8) is 0 Å². The van der Waals surface area contributed by atoms with Crippen LogP contribution in [0.25, 0.3) is 0 Å². The summed E-state index contributed by atoms with van der Waals surface area (Å²) in [6, 6.07) is 0. The van der Waals surface area contributed by atoms with Crippen molar-refractivity contribution in [2.24, 2.45) is 5.92 Å². The second kappa shape index (κ2) is 7.26. The highest BCUT2D eigenvalue weighted by Crippen LogP contribution is 2.43. The van der Waals surface area contributed by atoms with E-state index in [0.29, 0.717) is 12.8 Å². The molecule has 0 bridgehead atoms. The predicted octanol–water partition coefficient (Wildman–Crippen LogP) is 3.41. The molecule has 0 aliphatic carbocycles. The molecule has 0 aliphatic rings. The summed E-state index contributed by atoms with van der Waals surface area (Å²) in [6.07, 6.45) is -4.02. The van der Waals surface area contributed by atoms with E-state index in [2.05, 4.69) is 9.05 Å². The Kier molecular flexibility index (Phi) is 7.10. The van der Waals surface area contributed by atoms with E-state index in [1.165, 1.54) is 0 Å². The van der Waals surface area contributed by atoms with E-state index in [1.54, 1.807) is 6.92 Å². The van der Waals surface area contributed by atoms with Crippen LogP contribution in [0, 0.1) is 5.92 Å². The van der Waals surface area contributed by atoms with Crippen LogP contribution in [-0.4, -0.2) is 32.3 Å². The average molecular weight is 290 g/mol. The molecule has 0 saturated carbocycles. The minimum atomic E-state index is -4.60. The Balaban J connectivity index is 4.53. The van der Waals surface area contributed by atoms with Crippen molar-refractivity contribution in [1.82, 2.24) is 0 Å². The molecular formula is C10H18F3O4P. The maximum absolute atomic E-state index is 12.6. The number of Topliss-reactive ketones (excluding diaryl/α,β-unsaturated/α-hetero) is 1. The highest BCUT2D eigenvalue weighted by atomic mass is 31.2. The lowest BCUT2D eigenvalue weighted by Crippen LogP contribution is -2.33. The zero-order valence-electron chi connectivity index (χ0n) is 10.6. The van der Waals surface area contributed by atoms with E-state index in [4.69, 9.17) is 0 Å². The van der Waals surface area contributed by atoms with Crippen molar-refractivity contribution >= 4 is 13.4 Å². The second-order valence-corrected chi connectivity index (χ2v) is 6.10. The minimum absolute atomic E-state index is 0.275. The van der Waals surface area contributed by atoms with Gasteiger partial charge in [0.25, 0.3) is 0 Å². The topological polar surface area (TPSA) is 52.6 Å². The van der Waals surface area contributed by atoms with E-state index < -0.39 is 32.1 Å². The van der Waals surface area contributed by atoms with E-state index in [9.17, 15) is 22.5 Å². The first-order valence-electron chi connectivity index (χ1n) is 5.51. The molecule has 108 valence electrons. The summed E-state index contributed by atoms with van der Waals surface area (Å²) in [5.41, 5.74) is 0. The molecule has 18 heavy (non-hydrogen) atoms. The molecule has 2 atom stereocenters.